The zero-order valence-corrected chi connectivity index (χ0v) is 21.3. The van der Waals surface area contributed by atoms with Gasteiger partial charge in [-0.05, 0) is 50.1 Å². The van der Waals surface area contributed by atoms with E-state index in [-0.39, 0.29) is 32.8 Å². The molecule has 4 N–H and O–H groups in total. The number of benzene rings is 1. The van der Waals surface area contributed by atoms with Crippen molar-refractivity contribution in [2.75, 3.05) is 6.54 Å². The van der Waals surface area contributed by atoms with Crippen LogP contribution in [0.1, 0.15) is 28.5 Å². The summed E-state index contributed by atoms with van der Waals surface area (Å²) >= 11 is 0.521. The number of rotatable bonds is 6. The zero-order chi connectivity index (χ0) is 26.5. The van der Waals surface area contributed by atoms with Gasteiger partial charge in [-0.1, -0.05) is 0 Å². The number of hydrogen-bond donors (Lipinski definition) is 3. The largest absolute Gasteiger partial charge is 0.452 e. The molecular formula is C23H22F2N4O5S2. The summed E-state index contributed by atoms with van der Waals surface area (Å²) in [4.78, 5) is 28.0. The summed E-state index contributed by atoms with van der Waals surface area (Å²) in [5.74, 6) is -2.52. The molecule has 3 heterocycles. The molecule has 3 aromatic heterocycles. The minimum absolute atomic E-state index is 0.0155. The van der Waals surface area contributed by atoms with Crippen LogP contribution < -0.4 is 20.8 Å². The number of amides is 1. The Morgan fingerprint density at radius 2 is 1.83 bits per heavy atom. The number of H-pyrrole nitrogens is 1. The van der Waals surface area contributed by atoms with Crippen LogP contribution in [0.25, 0.3) is 21.3 Å². The average molecular weight is 537 g/mol. The number of carbonyl (C=O) groups excluding carboxylic acids is 1. The fourth-order valence-electron chi connectivity index (χ4n) is 3.88. The molecule has 4 rings (SSSR count). The SMILES string of the molecule is CCNC(=O)c1cc2c(-c3sc(S(N)(=O)=O)c(F)c3Oc3c(C)cc(F)cc3C)cn(C)c(=O)c2[nH]1. The number of hydrogen-bond acceptors (Lipinski definition) is 6. The molecule has 0 aliphatic heterocycles. The lowest BCUT2D eigenvalue weighted by Crippen LogP contribution is -2.23. The van der Waals surface area contributed by atoms with Gasteiger partial charge in [0, 0.05) is 30.7 Å². The van der Waals surface area contributed by atoms with E-state index in [9.17, 15) is 22.4 Å². The number of pyridine rings is 1. The van der Waals surface area contributed by atoms with E-state index in [4.69, 9.17) is 9.88 Å². The van der Waals surface area contributed by atoms with Crippen LogP contribution in [0.4, 0.5) is 8.78 Å². The van der Waals surface area contributed by atoms with Crippen LogP contribution in [0, 0.1) is 25.5 Å². The number of halogens is 2. The summed E-state index contributed by atoms with van der Waals surface area (Å²) in [6.45, 7) is 5.20. The summed E-state index contributed by atoms with van der Waals surface area (Å²) in [5, 5.41) is 8.13. The molecule has 1 aromatic carbocycles. The van der Waals surface area contributed by atoms with Gasteiger partial charge in [-0.2, -0.15) is 0 Å². The standard InChI is InChI=1S/C23H22F2N4O5S2/c1-5-27-21(30)15-8-13-14(9-29(4)22(31)17(13)28-15)20-19(16(25)23(35-20)36(26,32)33)34-18-10(2)6-12(24)7-11(18)3/h6-9,28H,5H2,1-4H3,(H,27,30)(H2,26,32,33). The van der Waals surface area contributed by atoms with E-state index >= 15 is 4.39 Å². The van der Waals surface area contributed by atoms with E-state index < -0.39 is 43.1 Å². The molecule has 13 heteroatoms. The molecule has 4 aromatic rings. The molecule has 0 bridgehead atoms. The highest BCUT2D eigenvalue weighted by atomic mass is 32.2. The molecule has 36 heavy (non-hydrogen) atoms. The van der Waals surface area contributed by atoms with E-state index in [0.717, 1.165) is 0 Å². The number of ether oxygens (including phenoxy) is 1. The van der Waals surface area contributed by atoms with Gasteiger partial charge in [0.2, 0.25) is 0 Å². The van der Waals surface area contributed by atoms with E-state index in [0.29, 0.717) is 29.0 Å². The van der Waals surface area contributed by atoms with Gasteiger partial charge in [0.05, 0.1) is 4.88 Å². The van der Waals surface area contributed by atoms with Crippen LogP contribution >= 0.6 is 11.3 Å². The molecule has 0 aliphatic rings. The maximum Gasteiger partial charge on any atom is 0.274 e. The predicted molar refractivity (Wildman–Crippen MR) is 132 cm³/mol. The topological polar surface area (TPSA) is 136 Å². The number of aromatic nitrogens is 2. The summed E-state index contributed by atoms with van der Waals surface area (Å²) in [5.41, 5.74) is 0.625. The first-order chi connectivity index (χ1) is 16.8. The minimum atomic E-state index is -4.49. The van der Waals surface area contributed by atoms with Gasteiger partial charge in [-0.25, -0.2) is 22.3 Å². The van der Waals surface area contributed by atoms with Crippen molar-refractivity contribution in [2.45, 2.75) is 25.0 Å². The number of carbonyl (C=O) groups is 1. The number of primary sulfonamides is 1. The predicted octanol–water partition coefficient (Wildman–Crippen LogP) is 3.68. The van der Waals surface area contributed by atoms with Gasteiger partial charge < -0.3 is 19.6 Å². The molecule has 190 valence electrons. The number of nitrogens with one attached hydrogen (secondary N) is 2. The summed E-state index contributed by atoms with van der Waals surface area (Å²) < 4.78 is 60.0. The first-order valence-corrected chi connectivity index (χ1v) is 13.0. The van der Waals surface area contributed by atoms with Crippen molar-refractivity contribution >= 4 is 38.2 Å². The van der Waals surface area contributed by atoms with Crippen molar-refractivity contribution in [1.29, 1.82) is 0 Å². The van der Waals surface area contributed by atoms with Crippen molar-refractivity contribution in [3.63, 3.8) is 0 Å². The Hall–Kier alpha value is -3.55. The van der Waals surface area contributed by atoms with Gasteiger partial charge in [0.15, 0.2) is 15.8 Å². The number of nitrogens with zero attached hydrogens (tertiary/aromatic N) is 1. The van der Waals surface area contributed by atoms with Gasteiger partial charge >= 0.3 is 0 Å². The smallest absolute Gasteiger partial charge is 0.274 e. The van der Waals surface area contributed by atoms with Crippen LogP contribution in [-0.2, 0) is 17.1 Å². The van der Waals surface area contributed by atoms with E-state index in [1.54, 1.807) is 20.8 Å². The Morgan fingerprint density at radius 3 is 2.42 bits per heavy atom. The maximum absolute atomic E-state index is 15.5. The molecule has 0 atom stereocenters. The van der Waals surface area contributed by atoms with Gasteiger partial charge in [0.1, 0.15) is 22.8 Å². The molecule has 0 aliphatic carbocycles. The van der Waals surface area contributed by atoms with Gasteiger partial charge in [-0.3, -0.25) is 9.59 Å². The number of aromatic amines is 1. The third-order valence-corrected chi connectivity index (χ3v) is 8.08. The average Bonchev–Trinajstić information content (AvgIpc) is 3.36. The fraction of sp³-hybridized carbons (Fsp3) is 0.217. The van der Waals surface area contributed by atoms with Crippen molar-refractivity contribution in [3.8, 4) is 21.9 Å². The molecule has 0 saturated heterocycles. The van der Waals surface area contributed by atoms with Crippen molar-refractivity contribution in [3.05, 3.63) is 63.2 Å². The Labute approximate surface area is 208 Å². The highest BCUT2D eigenvalue weighted by Gasteiger charge is 2.30. The van der Waals surface area contributed by atoms with Crippen LogP contribution in [-0.4, -0.2) is 30.4 Å². The summed E-state index contributed by atoms with van der Waals surface area (Å²) in [6.07, 6.45) is 1.38. The van der Waals surface area contributed by atoms with Crippen LogP contribution in [0.2, 0.25) is 0 Å². The third kappa shape index (κ3) is 4.40. The molecular weight excluding hydrogens is 514 g/mol. The molecule has 9 nitrogen and oxygen atoms in total. The summed E-state index contributed by atoms with van der Waals surface area (Å²) in [7, 11) is -3.03. The number of fused-ring (bicyclic) bond motifs is 1. The first kappa shape index (κ1) is 25.5. The fourth-order valence-corrected chi connectivity index (χ4v) is 5.80. The normalized spacial score (nSPS) is 11.8. The van der Waals surface area contributed by atoms with E-state index in [2.05, 4.69) is 10.3 Å². The first-order valence-electron chi connectivity index (χ1n) is 10.6. The molecule has 0 saturated carbocycles. The number of thiophene rings is 1. The van der Waals surface area contributed by atoms with E-state index in [1.165, 1.54) is 36.0 Å². The quantitative estimate of drug-likeness (QED) is 0.345. The second-order valence-corrected chi connectivity index (χ2v) is 10.9. The number of sulfonamides is 1. The van der Waals surface area contributed by atoms with Crippen LogP contribution in [0.5, 0.6) is 11.5 Å². The summed E-state index contributed by atoms with van der Waals surface area (Å²) in [6, 6.07) is 3.81. The van der Waals surface area contributed by atoms with Crippen LogP contribution in [0.3, 0.4) is 0 Å². The molecule has 0 fully saturated rings. The molecule has 1 amide bonds. The monoisotopic (exact) mass is 536 g/mol. The van der Waals surface area contributed by atoms with Crippen molar-refractivity contribution < 1.29 is 26.7 Å². The maximum atomic E-state index is 15.5. The second-order valence-electron chi connectivity index (χ2n) is 8.17. The third-order valence-electron chi connectivity index (χ3n) is 5.46. The highest BCUT2D eigenvalue weighted by Crippen LogP contribution is 2.47. The molecule has 0 unspecified atom stereocenters. The number of nitrogens with two attached hydrogens (primary N) is 1. The van der Waals surface area contributed by atoms with Crippen molar-refractivity contribution in [1.82, 2.24) is 14.9 Å². The Morgan fingerprint density at radius 1 is 1.19 bits per heavy atom. The lowest BCUT2D eigenvalue weighted by molar-refractivity contribution is 0.0951. The van der Waals surface area contributed by atoms with Gasteiger partial charge in [0.25, 0.3) is 21.5 Å². The highest BCUT2D eigenvalue weighted by molar-refractivity contribution is 7.91. The van der Waals surface area contributed by atoms with Crippen LogP contribution in [0.15, 0.2) is 33.4 Å². The lowest BCUT2D eigenvalue weighted by Gasteiger charge is -2.13. The lowest BCUT2D eigenvalue weighted by atomic mass is 10.1. The Bertz CT molecular complexity index is 1680. The van der Waals surface area contributed by atoms with Gasteiger partial charge in [-0.15, -0.1) is 11.3 Å². The second kappa shape index (κ2) is 9.15. The Balaban J connectivity index is 2.04. The Kier molecular flexibility index (Phi) is 6.49. The molecule has 0 radical (unpaired) electrons. The molecule has 0 spiro atoms. The number of aryl methyl sites for hydroxylation is 3. The zero-order valence-electron chi connectivity index (χ0n) is 19.7. The minimum Gasteiger partial charge on any atom is -0.452 e. The van der Waals surface area contributed by atoms with Crippen molar-refractivity contribution in [2.24, 2.45) is 12.2 Å². The van der Waals surface area contributed by atoms with E-state index in [1.807, 2.05) is 0 Å².